The number of ether oxygens (including phenoxy) is 1. The lowest BCUT2D eigenvalue weighted by Crippen LogP contribution is -2.14. The Balaban J connectivity index is 1.69. The molecule has 0 saturated heterocycles. The Kier molecular flexibility index (Phi) is 3.88. The fraction of sp³-hybridized carbons (Fsp3) is 0.235. The first-order chi connectivity index (χ1) is 10.1. The summed E-state index contributed by atoms with van der Waals surface area (Å²) in [7, 11) is 0. The van der Waals surface area contributed by atoms with E-state index in [1.165, 1.54) is 10.5 Å². The molecule has 0 bridgehead atoms. The van der Waals surface area contributed by atoms with E-state index in [9.17, 15) is 4.79 Å². The molecule has 108 valence electrons. The normalized spacial score (nSPS) is 16.5. The van der Waals surface area contributed by atoms with E-state index in [0.717, 1.165) is 11.3 Å². The van der Waals surface area contributed by atoms with Crippen LogP contribution in [0, 0.1) is 6.92 Å². The van der Waals surface area contributed by atoms with Crippen LogP contribution < -0.4 is 5.73 Å². The number of nitrogens with two attached hydrogens (primary N) is 1. The van der Waals surface area contributed by atoms with Gasteiger partial charge < -0.3 is 10.5 Å². The summed E-state index contributed by atoms with van der Waals surface area (Å²) in [5, 5.41) is 0. The van der Waals surface area contributed by atoms with Gasteiger partial charge in [-0.2, -0.15) is 0 Å². The molecule has 2 aromatic carbocycles. The van der Waals surface area contributed by atoms with Crippen molar-refractivity contribution in [2.24, 2.45) is 0 Å². The van der Waals surface area contributed by atoms with Crippen molar-refractivity contribution in [3.05, 3.63) is 59.2 Å². The van der Waals surface area contributed by atoms with Crippen molar-refractivity contribution in [1.82, 2.24) is 0 Å². The number of carbonyl (C=O) groups is 1. The van der Waals surface area contributed by atoms with E-state index in [0.29, 0.717) is 17.9 Å². The predicted molar refractivity (Wildman–Crippen MR) is 85.8 cm³/mol. The molecule has 0 fully saturated rings. The third-order valence-electron chi connectivity index (χ3n) is 3.70. The summed E-state index contributed by atoms with van der Waals surface area (Å²) < 4.78 is 5.50. The fourth-order valence-electron chi connectivity index (χ4n) is 2.48. The van der Waals surface area contributed by atoms with Crippen LogP contribution in [0.1, 0.15) is 27.4 Å². The van der Waals surface area contributed by atoms with Crippen LogP contribution in [-0.2, 0) is 4.74 Å². The Bertz CT molecular complexity index is 684. The lowest BCUT2D eigenvalue weighted by molar-refractivity contribution is 0.0486. The summed E-state index contributed by atoms with van der Waals surface area (Å²) in [5.41, 5.74) is 9.03. The number of rotatable bonds is 3. The van der Waals surface area contributed by atoms with E-state index in [-0.39, 0.29) is 11.9 Å². The summed E-state index contributed by atoms with van der Waals surface area (Å²) in [5.74, 6) is 0.938. The van der Waals surface area contributed by atoms with Crippen LogP contribution in [0.25, 0.3) is 0 Å². The van der Waals surface area contributed by atoms with Gasteiger partial charge in [0, 0.05) is 22.3 Å². The molecule has 3 nitrogen and oxygen atoms in total. The summed E-state index contributed by atoms with van der Waals surface area (Å²) in [4.78, 5) is 13.5. The maximum atomic E-state index is 12.2. The second kappa shape index (κ2) is 5.82. The first-order valence-electron chi connectivity index (χ1n) is 6.90. The van der Waals surface area contributed by atoms with Crippen LogP contribution in [0.2, 0.25) is 0 Å². The zero-order valence-electron chi connectivity index (χ0n) is 11.8. The molecule has 0 saturated carbocycles. The number of benzene rings is 2. The van der Waals surface area contributed by atoms with Crippen molar-refractivity contribution in [2.75, 3.05) is 18.1 Å². The van der Waals surface area contributed by atoms with E-state index in [2.05, 4.69) is 12.1 Å². The van der Waals surface area contributed by atoms with Gasteiger partial charge in [-0.25, -0.2) is 4.79 Å². The standard InChI is InChI=1S/C17H17NO2S/c1-11-6-7-13(18)8-15(11)17(19)20-9-12-10-21-16-5-3-2-4-14(12)16/h2-8,12H,9-10,18H2,1H3. The van der Waals surface area contributed by atoms with Crippen molar-refractivity contribution < 1.29 is 9.53 Å². The second-order valence-corrected chi connectivity index (χ2v) is 6.28. The minimum Gasteiger partial charge on any atom is -0.461 e. The van der Waals surface area contributed by atoms with Crippen molar-refractivity contribution in [3.8, 4) is 0 Å². The number of hydrogen-bond donors (Lipinski definition) is 1. The highest BCUT2D eigenvalue weighted by molar-refractivity contribution is 7.99. The number of aryl methyl sites for hydroxylation is 1. The molecular weight excluding hydrogens is 282 g/mol. The first kappa shape index (κ1) is 14.0. The van der Waals surface area contributed by atoms with Gasteiger partial charge in [-0.05, 0) is 36.2 Å². The summed E-state index contributed by atoms with van der Waals surface area (Å²) in [6.45, 7) is 2.30. The van der Waals surface area contributed by atoms with E-state index >= 15 is 0 Å². The molecule has 4 heteroatoms. The van der Waals surface area contributed by atoms with Crippen molar-refractivity contribution in [1.29, 1.82) is 0 Å². The molecule has 0 aliphatic carbocycles. The zero-order valence-corrected chi connectivity index (χ0v) is 12.7. The smallest absolute Gasteiger partial charge is 0.338 e. The second-order valence-electron chi connectivity index (χ2n) is 5.22. The maximum Gasteiger partial charge on any atom is 0.338 e. The molecule has 0 aromatic heterocycles. The van der Waals surface area contributed by atoms with Crippen LogP contribution in [0.15, 0.2) is 47.4 Å². The van der Waals surface area contributed by atoms with Gasteiger partial charge in [0.15, 0.2) is 0 Å². The lowest BCUT2D eigenvalue weighted by atomic mass is 10.0. The molecule has 0 amide bonds. The highest BCUT2D eigenvalue weighted by Gasteiger charge is 2.24. The highest BCUT2D eigenvalue weighted by atomic mass is 32.2. The molecule has 2 aromatic rings. The van der Waals surface area contributed by atoms with Gasteiger partial charge in [-0.15, -0.1) is 11.8 Å². The minimum absolute atomic E-state index is 0.275. The quantitative estimate of drug-likeness (QED) is 0.694. The third-order valence-corrected chi connectivity index (χ3v) is 4.95. The molecule has 0 spiro atoms. The number of anilines is 1. The minimum atomic E-state index is -0.297. The van der Waals surface area contributed by atoms with E-state index in [1.807, 2.05) is 36.9 Å². The maximum absolute atomic E-state index is 12.2. The average Bonchev–Trinajstić information content (AvgIpc) is 2.90. The van der Waals surface area contributed by atoms with Crippen LogP contribution in [0.3, 0.4) is 0 Å². The van der Waals surface area contributed by atoms with Crippen LogP contribution in [0.5, 0.6) is 0 Å². The number of nitrogen functional groups attached to an aromatic ring is 1. The molecule has 1 atom stereocenters. The highest BCUT2D eigenvalue weighted by Crippen LogP contribution is 2.39. The number of hydrogen-bond acceptors (Lipinski definition) is 4. The molecule has 2 N–H and O–H groups in total. The summed E-state index contributed by atoms with van der Waals surface area (Å²) in [6, 6.07) is 13.6. The third kappa shape index (κ3) is 2.90. The molecule has 3 rings (SSSR count). The number of thioether (sulfide) groups is 1. The van der Waals surface area contributed by atoms with Gasteiger partial charge in [-0.1, -0.05) is 24.3 Å². The number of carbonyl (C=O) groups excluding carboxylic acids is 1. The summed E-state index contributed by atoms with van der Waals surface area (Å²) >= 11 is 1.82. The Morgan fingerprint density at radius 1 is 1.33 bits per heavy atom. The van der Waals surface area contributed by atoms with E-state index < -0.39 is 0 Å². The molecule has 1 aliphatic heterocycles. The molecule has 1 heterocycles. The molecule has 1 aliphatic rings. The van der Waals surface area contributed by atoms with Crippen LogP contribution in [0.4, 0.5) is 5.69 Å². The molecular formula is C17H17NO2S. The van der Waals surface area contributed by atoms with Gasteiger partial charge in [0.2, 0.25) is 0 Å². The zero-order chi connectivity index (χ0) is 14.8. The van der Waals surface area contributed by atoms with Gasteiger partial charge in [0.1, 0.15) is 0 Å². The Morgan fingerprint density at radius 2 is 2.14 bits per heavy atom. The number of esters is 1. The van der Waals surface area contributed by atoms with Gasteiger partial charge >= 0.3 is 5.97 Å². The van der Waals surface area contributed by atoms with Crippen LogP contribution in [-0.4, -0.2) is 18.3 Å². The molecule has 0 radical (unpaired) electrons. The van der Waals surface area contributed by atoms with Crippen molar-refractivity contribution >= 4 is 23.4 Å². The van der Waals surface area contributed by atoms with Crippen LogP contribution >= 0.6 is 11.8 Å². The first-order valence-corrected chi connectivity index (χ1v) is 7.88. The van der Waals surface area contributed by atoms with Crippen molar-refractivity contribution in [2.45, 2.75) is 17.7 Å². The molecule has 21 heavy (non-hydrogen) atoms. The van der Waals surface area contributed by atoms with Crippen molar-refractivity contribution in [3.63, 3.8) is 0 Å². The van der Waals surface area contributed by atoms with Gasteiger partial charge in [0.05, 0.1) is 12.2 Å². The van der Waals surface area contributed by atoms with Gasteiger partial charge in [0.25, 0.3) is 0 Å². The number of fused-ring (bicyclic) bond motifs is 1. The summed E-state index contributed by atoms with van der Waals surface area (Å²) in [6.07, 6.45) is 0. The predicted octanol–water partition coefficient (Wildman–Crippen LogP) is 3.62. The fourth-order valence-corrected chi connectivity index (χ4v) is 3.71. The molecule has 1 unspecified atom stereocenters. The van der Waals surface area contributed by atoms with E-state index in [4.69, 9.17) is 10.5 Å². The van der Waals surface area contributed by atoms with Gasteiger partial charge in [-0.3, -0.25) is 0 Å². The Hall–Kier alpha value is -1.94. The average molecular weight is 299 g/mol. The monoisotopic (exact) mass is 299 g/mol. The van der Waals surface area contributed by atoms with E-state index in [1.54, 1.807) is 12.1 Å². The Morgan fingerprint density at radius 3 is 3.00 bits per heavy atom. The topological polar surface area (TPSA) is 52.3 Å². The Labute approximate surface area is 128 Å². The SMILES string of the molecule is Cc1ccc(N)cc1C(=O)OCC1CSc2ccccc21. The lowest BCUT2D eigenvalue weighted by Gasteiger charge is -2.12. The largest absolute Gasteiger partial charge is 0.461 e.